The van der Waals surface area contributed by atoms with Crippen LogP contribution in [0.4, 0.5) is 5.82 Å². The summed E-state index contributed by atoms with van der Waals surface area (Å²) in [6, 6.07) is 0.0487. The van der Waals surface area contributed by atoms with Crippen LogP contribution < -0.4 is 16.2 Å². The molecule has 2 N–H and O–H groups in total. The molecular weight excluding hydrogens is 260 g/mol. The Labute approximate surface area is 119 Å². The third-order valence-corrected chi connectivity index (χ3v) is 3.12. The number of nitrogens with two attached hydrogens (primary N) is 1. The maximum Gasteiger partial charge on any atom is 0.293 e. The summed E-state index contributed by atoms with van der Waals surface area (Å²) in [5.74, 6) is 0.846. The van der Waals surface area contributed by atoms with Crippen LogP contribution in [-0.2, 0) is 6.54 Å². The first-order valence-corrected chi connectivity index (χ1v) is 6.80. The molecule has 19 heavy (non-hydrogen) atoms. The highest BCUT2D eigenvalue weighted by molar-refractivity contribution is 7.80. The highest BCUT2D eigenvalue weighted by Gasteiger charge is 2.16. The summed E-state index contributed by atoms with van der Waals surface area (Å²) in [5, 5.41) is 0. The number of thiocarbonyl (C=S) groups is 1. The minimum absolute atomic E-state index is 0.0487. The standard InChI is InChI=1S/C13H22N4OS/c1-9(2)8-17-6-5-15-12(13(17)18)16(4)10(3)7-11(14)19/h5-6,9-10H,7-8H2,1-4H3,(H2,14,19). The van der Waals surface area contributed by atoms with Crippen LogP contribution in [0.3, 0.4) is 0 Å². The summed E-state index contributed by atoms with van der Waals surface area (Å²) in [5.41, 5.74) is 5.47. The van der Waals surface area contributed by atoms with Crippen molar-refractivity contribution in [1.29, 1.82) is 0 Å². The van der Waals surface area contributed by atoms with E-state index in [1.165, 1.54) is 0 Å². The molecule has 1 unspecified atom stereocenters. The van der Waals surface area contributed by atoms with Gasteiger partial charge >= 0.3 is 0 Å². The van der Waals surface area contributed by atoms with Gasteiger partial charge in [0, 0.05) is 38.4 Å². The number of nitrogens with zero attached hydrogens (tertiary/aromatic N) is 3. The molecule has 1 heterocycles. The summed E-state index contributed by atoms with van der Waals surface area (Å²) in [6.45, 7) is 6.81. The summed E-state index contributed by atoms with van der Waals surface area (Å²) >= 11 is 4.90. The van der Waals surface area contributed by atoms with E-state index >= 15 is 0 Å². The lowest BCUT2D eigenvalue weighted by atomic mass is 10.2. The van der Waals surface area contributed by atoms with Crippen LogP contribution in [0.25, 0.3) is 0 Å². The Morgan fingerprint density at radius 3 is 2.68 bits per heavy atom. The van der Waals surface area contributed by atoms with Gasteiger partial charge in [-0.2, -0.15) is 0 Å². The fourth-order valence-electron chi connectivity index (χ4n) is 1.85. The number of hydrogen-bond acceptors (Lipinski definition) is 4. The lowest BCUT2D eigenvalue weighted by Crippen LogP contribution is -2.38. The van der Waals surface area contributed by atoms with Crippen LogP contribution in [-0.4, -0.2) is 27.6 Å². The Kier molecular flexibility index (Phi) is 5.47. The molecule has 1 aromatic rings. The SMILES string of the molecule is CC(C)Cn1ccnc(N(C)C(C)CC(N)=S)c1=O. The van der Waals surface area contributed by atoms with Crippen molar-refractivity contribution in [3.63, 3.8) is 0 Å². The van der Waals surface area contributed by atoms with E-state index in [-0.39, 0.29) is 11.6 Å². The fourth-order valence-corrected chi connectivity index (χ4v) is 2.09. The van der Waals surface area contributed by atoms with Crippen molar-refractivity contribution in [3.05, 3.63) is 22.7 Å². The maximum atomic E-state index is 12.3. The lowest BCUT2D eigenvalue weighted by molar-refractivity contribution is 0.507. The lowest BCUT2D eigenvalue weighted by Gasteiger charge is -2.25. The van der Waals surface area contributed by atoms with Crippen LogP contribution in [0.15, 0.2) is 17.2 Å². The summed E-state index contributed by atoms with van der Waals surface area (Å²) < 4.78 is 1.69. The molecule has 6 heteroatoms. The summed E-state index contributed by atoms with van der Waals surface area (Å²) in [6.07, 6.45) is 3.94. The van der Waals surface area contributed by atoms with E-state index in [4.69, 9.17) is 18.0 Å². The molecule has 1 atom stereocenters. The first-order valence-electron chi connectivity index (χ1n) is 6.39. The zero-order valence-electron chi connectivity index (χ0n) is 12.0. The molecule has 0 aliphatic carbocycles. The molecule has 0 saturated heterocycles. The third kappa shape index (κ3) is 4.31. The first kappa shape index (κ1) is 15.6. The van der Waals surface area contributed by atoms with E-state index < -0.39 is 0 Å². The van der Waals surface area contributed by atoms with Crippen molar-refractivity contribution in [3.8, 4) is 0 Å². The molecule has 106 valence electrons. The molecule has 5 nitrogen and oxygen atoms in total. The Morgan fingerprint density at radius 2 is 2.16 bits per heavy atom. The summed E-state index contributed by atoms with van der Waals surface area (Å²) in [7, 11) is 1.84. The predicted molar refractivity (Wildman–Crippen MR) is 82.6 cm³/mol. The molecular formula is C13H22N4OS. The van der Waals surface area contributed by atoms with Crippen molar-refractivity contribution in [2.24, 2.45) is 11.7 Å². The van der Waals surface area contributed by atoms with Gasteiger partial charge in [0.2, 0.25) is 0 Å². The smallest absolute Gasteiger partial charge is 0.293 e. The Bertz CT molecular complexity index is 498. The maximum absolute atomic E-state index is 12.3. The van der Waals surface area contributed by atoms with E-state index in [1.807, 2.05) is 18.9 Å². The summed E-state index contributed by atoms with van der Waals surface area (Å²) in [4.78, 5) is 18.8. The molecule has 1 rings (SSSR count). The minimum Gasteiger partial charge on any atom is -0.393 e. The van der Waals surface area contributed by atoms with Gasteiger partial charge in [-0.3, -0.25) is 4.79 Å². The topological polar surface area (TPSA) is 64.2 Å². The molecule has 0 aliphatic heterocycles. The van der Waals surface area contributed by atoms with Gasteiger partial charge in [0.05, 0.1) is 4.99 Å². The van der Waals surface area contributed by atoms with Crippen molar-refractivity contribution < 1.29 is 0 Å². The molecule has 1 aromatic heterocycles. The molecule has 0 spiro atoms. The molecule has 0 fully saturated rings. The van der Waals surface area contributed by atoms with Crippen LogP contribution in [0.2, 0.25) is 0 Å². The molecule has 0 amide bonds. The van der Waals surface area contributed by atoms with E-state index in [2.05, 4.69) is 18.8 Å². The van der Waals surface area contributed by atoms with Gasteiger partial charge < -0.3 is 15.2 Å². The second-order valence-corrected chi connectivity index (χ2v) is 5.76. The van der Waals surface area contributed by atoms with Crippen LogP contribution in [0.1, 0.15) is 27.2 Å². The minimum atomic E-state index is -0.0755. The number of anilines is 1. The van der Waals surface area contributed by atoms with E-state index in [0.717, 1.165) is 0 Å². The van der Waals surface area contributed by atoms with E-state index in [1.54, 1.807) is 17.0 Å². The van der Waals surface area contributed by atoms with Gasteiger partial charge in [-0.05, 0) is 12.8 Å². The fraction of sp³-hybridized carbons (Fsp3) is 0.615. The highest BCUT2D eigenvalue weighted by atomic mass is 32.1. The zero-order valence-corrected chi connectivity index (χ0v) is 12.8. The molecule has 0 aromatic carbocycles. The second-order valence-electron chi connectivity index (χ2n) is 5.23. The highest BCUT2D eigenvalue weighted by Crippen LogP contribution is 2.09. The van der Waals surface area contributed by atoms with Gasteiger partial charge in [0.15, 0.2) is 5.82 Å². The van der Waals surface area contributed by atoms with Crippen molar-refractivity contribution >= 4 is 23.0 Å². The van der Waals surface area contributed by atoms with E-state index in [0.29, 0.717) is 29.7 Å². The molecule has 0 bridgehead atoms. The first-order chi connectivity index (χ1) is 8.82. The largest absolute Gasteiger partial charge is 0.393 e. The van der Waals surface area contributed by atoms with Gasteiger partial charge in [0.1, 0.15) is 0 Å². The van der Waals surface area contributed by atoms with Gasteiger partial charge in [-0.15, -0.1) is 0 Å². The van der Waals surface area contributed by atoms with Gasteiger partial charge in [-0.1, -0.05) is 26.1 Å². The van der Waals surface area contributed by atoms with Crippen molar-refractivity contribution in [1.82, 2.24) is 9.55 Å². The Morgan fingerprint density at radius 1 is 1.53 bits per heavy atom. The average molecular weight is 282 g/mol. The second kappa shape index (κ2) is 6.65. The van der Waals surface area contributed by atoms with Crippen molar-refractivity contribution in [2.45, 2.75) is 39.8 Å². The Hall–Kier alpha value is -1.43. The van der Waals surface area contributed by atoms with Crippen molar-refractivity contribution in [2.75, 3.05) is 11.9 Å². The number of rotatable bonds is 6. The number of aromatic nitrogens is 2. The monoisotopic (exact) mass is 282 g/mol. The number of hydrogen-bond donors (Lipinski definition) is 1. The quantitative estimate of drug-likeness (QED) is 0.799. The van der Waals surface area contributed by atoms with Gasteiger partial charge in [-0.25, -0.2) is 4.98 Å². The van der Waals surface area contributed by atoms with Crippen LogP contribution in [0.5, 0.6) is 0 Å². The van der Waals surface area contributed by atoms with Crippen LogP contribution >= 0.6 is 12.2 Å². The Balaban J connectivity index is 3.00. The molecule has 0 aliphatic rings. The third-order valence-electron chi connectivity index (χ3n) is 2.95. The molecule has 0 saturated carbocycles. The average Bonchev–Trinajstić information content (AvgIpc) is 2.29. The predicted octanol–water partition coefficient (Wildman–Crippen LogP) is 1.40. The zero-order chi connectivity index (χ0) is 14.6. The van der Waals surface area contributed by atoms with Crippen LogP contribution in [0, 0.1) is 5.92 Å². The van der Waals surface area contributed by atoms with E-state index in [9.17, 15) is 4.79 Å². The molecule has 0 radical (unpaired) electrons. The normalized spacial score (nSPS) is 12.5. The van der Waals surface area contributed by atoms with Gasteiger partial charge in [0.25, 0.3) is 5.56 Å².